The van der Waals surface area contributed by atoms with Crippen molar-refractivity contribution in [1.29, 1.82) is 0 Å². The predicted octanol–water partition coefficient (Wildman–Crippen LogP) is 13.1. The molecule has 0 amide bonds. The Hall–Kier alpha value is -4.41. The van der Waals surface area contributed by atoms with Crippen LogP contribution in [-0.2, 0) is 25.1 Å². The zero-order valence-electron chi connectivity index (χ0n) is 31.7. The maximum absolute atomic E-state index is 15.5. The molecule has 0 bridgehead atoms. The zero-order valence-corrected chi connectivity index (χ0v) is 31.7. The predicted molar refractivity (Wildman–Crippen MR) is 203 cm³/mol. The van der Waals surface area contributed by atoms with Crippen molar-refractivity contribution >= 4 is 5.69 Å². The number of benzene rings is 2. The fourth-order valence-corrected chi connectivity index (χ4v) is 7.09. The first-order valence-corrected chi connectivity index (χ1v) is 18.4. The second-order valence-corrected chi connectivity index (χ2v) is 14.7. The average molecular weight is 757 g/mol. The van der Waals surface area contributed by atoms with E-state index in [2.05, 4.69) is 41.9 Å². The van der Waals surface area contributed by atoms with Crippen LogP contribution < -0.4 is 5.32 Å². The first kappa shape index (κ1) is 42.3. The molecule has 1 fully saturated rings. The van der Waals surface area contributed by atoms with Gasteiger partial charge in [0, 0.05) is 59.9 Å². The Morgan fingerprint density at radius 3 is 2.19 bits per heavy atom. The molecule has 54 heavy (non-hydrogen) atoms. The summed E-state index contributed by atoms with van der Waals surface area (Å²) in [5.41, 5.74) is 0.785. The third kappa shape index (κ3) is 10.4. The topological polar surface area (TPSA) is 41.0 Å². The summed E-state index contributed by atoms with van der Waals surface area (Å²) in [5, 5.41) is 3.17. The number of alkyl halides is 5. The molecule has 4 rings (SSSR count). The molecule has 1 aromatic heterocycles. The second kappa shape index (κ2) is 17.8. The number of halogens is 7. The molecule has 1 aliphatic rings. The van der Waals surface area contributed by atoms with Gasteiger partial charge in [-0.3, -0.25) is 0 Å². The number of nitrogens with zero attached hydrogens (tertiary/aromatic N) is 3. The number of likely N-dealkylation sites (N-methyl/N-ethyl adjacent to an activating group) is 1. The van der Waals surface area contributed by atoms with E-state index in [1.807, 2.05) is 13.0 Å². The maximum Gasteiger partial charge on any atom is 0.433 e. The van der Waals surface area contributed by atoms with E-state index in [-0.39, 0.29) is 34.5 Å². The Balaban J connectivity index is 1.65. The monoisotopic (exact) mass is 756 g/mol. The normalized spacial score (nSPS) is 14.8. The lowest BCUT2D eigenvalue weighted by molar-refractivity contribution is -0.141. The Labute approximate surface area is 315 Å². The molecule has 0 radical (unpaired) electrons. The standard InChI is InChI=1S/C43H51F7N4/c1-8-9-10-11-12-13-14-17-31-18-19-32(40(45)39(31)44)26-54(7)30(4)38(28(2)41(5)22-15-16-23-41)29(3)53-35-21-20-33(42(6,46)47)24-34(35)36-25-37(43(48,49)50)52-27-51-36/h8,18-21,24-25,27,53H,1,3-4,9-17,22-23,26H2,2,5-7H3/b38-28-. The van der Waals surface area contributed by atoms with Crippen molar-refractivity contribution in [1.82, 2.24) is 14.9 Å². The molecule has 1 heterocycles. The molecule has 2 aromatic carbocycles. The van der Waals surface area contributed by atoms with Crippen molar-refractivity contribution in [2.45, 2.75) is 110 Å². The van der Waals surface area contributed by atoms with Gasteiger partial charge in [-0.1, -0.05) is 82.0 Å². The van der Waals surface area contributed by atoms with E-state index in [1.54, 1.807) is 24.1 Å². The van der Waals surface area contributed by atoms with E-state index in [1.165, 1.54) is 12.1 Å². The number of unbranched alkanes of at least 4 members (excludes halogenated alkanes) is 5. The first-order chi connectivity index (χ1) is 25.4. The summed E-state index contributed by atoms with van der Waals surface area (Å²) in [6.45, 7) is 17.1. The molecular formula is C43H51F7N4. The Kier molecular flexibility index (Phi) is 14.0. The number of hydrogen-bond acceptors (Lipinski definition) is 4. The van der Waals surface area contributed by atoms with Crippen LogP contribution in [-0.4, -0.2) is 21.9 Å². The van der Waals surface area contributed by atoms with Gasteiger partial charge in [0.2, 0.25) is 0 Å². The van der Waals surface area contributed by atoms with Crippen molar-refractivity contribution in [3.8, 4) is 11.3 Å². The lowest BCUT2D eigenvalue weighted by atomic mass is 9.77. The van der Waals surface area contributed by atoms with Crippen molar-refractivity contribution in [2.75, 3.05) is 12.4 Å². The number of allylic oxidation sites excluding steroid dienone is 2. The molecule has 0 aliphatic heterocycles. The van der Waals surface area contributed by atoms with Gasteiger partial charge in [-0.15, -0.1) is 6.58 Å². The summed E-state index contributed by atoms with van der Waals surface area (Å²) in [7, 11) is 1.71. The highest BCUT2D eigenvalue weighted by Gasteiger charge is 2.35. The van der Waals surface area contributed by atoms with E-state index in [0.29, 0.717) is 41.9 Å². The SMILES string of the molecule is C=CCCCCCCCc1ccc(CN(C)C(=C)/C(C(=C)Nc2ccc(C(C)(F)F)cc2-c2cc(C(F)(F)F)ncn2)=C(/C)C2(C)CCCC2)c(F)c1F. The molecule has 1 saturated carbocycles. The largest absolute Gasteiger partial charge is 0.433 e. The van der Waals surface area contributed by atoms with E-state index in [4.69, 9.17) is 0 Å². The average Bonchev–Trinajstić information content (AvgIpc) is 3.57. The third-order valence-corrected chi connectivity index (χ3v) is 10.6. The van der Waals surface area contributed by atoms with Crippen LogP contribution in [0.25, 0.3) is 11.3 Å². The molecule has 11 heteroatoms. The van der Waals surface area contributed by atoms with Crippen LogP contribution in [0.4, 0.5) is 36.4 Å². The van der Waals surface area contributed by atoms with Gasteiger partial charge >= 0.3 is 6.18 Å². The molecule has 0 spiro atoms. The molecule has 292 valence electrons. The number of aromatic nitrogens is 2. The quantitative estimate of drug-likeness (QED) is 0.0607. The van der Waals surface area contributed by atoms with Gasteiger partial charge in [0.15, 0.2) is 11.6 Å². The van der Waals surface area contributed by atoms with Gasteiger partial charge in [-0.25, -0.2) is 27.5 Å². The molecule has 0 atom stereocenters. The third-order valence-electron chi connectivity index (χ3n) is 10.6. The van der Waals surface area contributed by atoms with Gasteiger partial charge in [-0.2, -0.15) is 13.2 Å². The maximum atomic E-state index is 15.5. The fraction of sp³-hybridized carbons (Fsp3) is 0.442. The van der Waals surface area contributed by atoms with Crippen LogP contribution >= 0.6 is 0 Å². The molecule has 4 nitrogen and oxygen atoms in total. The second-order valence-electron chi connectivity index (χ2n) is 14.7. The number of rotatable bonds is 18. The summed E-state index contributed by atoms with van der Waals surface area (Å²) >= 11 is 0. The van der Waals surface area contributed by atoms with Gasteiger partial charge < -0.3 is 10.2 Å². The smallest absolute Gasteiger partial charge is 0.370 e. The van der Waals surface area contributed by atoms with Gasteiger partial charge in [0.05, 0.1) is 5.69 Å². The van der Waals surface area contributed by atoms with Crippen LogP contribution in [0.15, 0.2) is 91.1 Å². The minimum atomic E-state index is -4.79. The molecule has 1 N–H and O–H groups in total. The minimum absolute atomic E-state index is 0.0152. The highest BCUT2D eigenvalue weighted by atomic mass is 19.4. The van der Waals surface area contributed by atoms with Crippen molar-refractivity contribution in [3.05, 3.63) is 125 Å². The Bertz CT molecular complexity index is 1850. The summed E-state index contributed by atoms with van der Waals surface area (Å²) in [4.78, 5) is 9.03. The fourth-order valence-electron chi connectivity index (χ4n) is 7.09. The van der Waals surface area contributed by atoms with Crippen molar-refractivity contribution in [3.63, 3.8) is 0 Å². The Morgan fingerprint density at radius 1 is 0.907 bits per heavy atom. The molecule has 3 aromatic rings. The Morgan fingerprint density at radius 2 is 1.54 bits per heavy atom. The van der Waals surface area contributed by atoms with E-state index < -0.39 is 35.0 Å². The molecular weight excluding hydrogens is 705 g/mol. The van der Waals surface area contributed by atoms with E-state index in [0.717, 1.165) is 82.2 Å². The number of nitrogens with one attached hydrogen (secondary N) is 1. The summed E-state index contributed by atoms with van der Waals surface area (Å²) in [6.07, 6.45) is 7.88. The highest BCUT2D eigenvalue weighted by Crippen LogP contribution is 2.47. The van der Waals surface area contributed by atoms with Crippen LogP contribution in [0.2, 0.25) is 0 Å². The minimum Gasteiger partial charge on any atom is -0.370 e. The van der Waals surface area contributed by atoms with Crippen LogP contribution in [0.3, 0.4) is 0 Å². The number of hydrogen-bond donors (Lipinski definition) is 1. The van der Waals surface area contributed by atoms with Crippen molar-refractivity contribution < 1.29 is 30.7 Å². The number of aryl methyl sites for hydroxylation is 1. The van der Waals surface area contributed by atoms with E-state index >= 15 is 8.78 Å². The van der Waals surface area contributed by atoms with Gasteiger partial charge in [0.25, 0.3) is 5.92 Å². The summed E-state index contributed by atoms with van der Waals surface area (Å²) < 4.78 is 101. The van der Waals surface area contributed by atoms with Crippen LogP contribution in [0, 0.1) is 17.0 Å². The zero-order chi connectivity index (χ0) is 39.8. The van der Waals surface area contributed by atoms with Crippen LogP contribution in [0.5, 0.6) is 0 Å². The number of anilines is 1. The van der Waals surface area contributed by atoms with Crippen molar-refractivity contribution in [2.24, 2.45) is 5.41 Å². The molecule has 0 saturated heterocycles. The summed E-state index contributed by atoms with van der Waals surface area (Å²) in [5.74, 6) is -5.07. The molecule has 1 aliphatic carbocycles. The highest BCUT2D eigenvalue weighted by molar-refractivity contribution is 5.79. The van der Waals surface area contributed by atoms with Crippen LogP contribution in [0.1, 0.15) is 107 Å². The lowest BCUT2D eigenvalue weighted by Gasteiger charge is -2.33. The van der Waals surface area contributed by atoms with Gasteiger partial charge in [-0.05, 0) is 74.6 Å². The summed E-state index contributed by atoms with van der Waals surface area (Å²) in [6, 6.07) is 7.57. The molecule has 0 unspecified atom stereocenters. The first-order valence-electron chi connectivity index (χ1n) is 18.4. The van der Waals surface area contributed by atoms with Gasteiger partial charge in [0.1, 0.15) is 12.0 Å². The van der Waals surface area contributed by atoms with E-state index in [9.17, 15) is 22.0 Å². The lowest BCUT2D eigenvalue weighted by Crippen LogP contribution is -2.25.